The van der Waals surface area contributed by atoms with Gasteiger partial charge in [-0.1, -0.05) is 106 Å². The Morgan fingerprint density at radius 2 is 1.50 bits per heavy atom. The first-order valence-electron chi connectivity index (χ1n) is 16.0. The maximum absolute atomic E-state index is 13.3. The highest BCUT2D eigenvalue weighted by molar-refractivity contribution is 6.77. The van der Waals surface area contributed by atoms with Crippen LogP contribution in [0.4, 0.5) is 0 Å². The van der Waals surface area contributed by atoms with E-state index in [0.717, 1.165) is 5.56 Å². The lowest BCUT2D eigenvalue weighted by Gasteiger charge is -2.52. The summed E-state index contributed by atoms with van der Waals surface area (Å²) in [5.41, 5.74) is 1.68. The second-order valence-corrected chi connectivity index (χ2v) is 26.0. The Morgan fingerprint density at radius 3 is 1.98 bits per heavy atom. The number of rotatable bonds is 13. The highest BCUT2D eigenvalue weighted by Gasteiger charge is 2.55. The van der Waals surface area contributed by atoms with Crippen molar-refractivity contribution in [1.82, 2.24) is 0 Å². The first-order valence-corrected chi connectivity index (χ1v) is 21.1. The number of esters is 1. The molecule has 0 spiro atoms. The Hall–Kier alpha value is -1.04. The molecule has 0 aromatic heterocycles. The number of hydrogen-bond acceptors (Lipinski definition) is 6. The van der Waals surface area contributed by atoms with Crippen molar-refractivity contribution in [2.75, 3.05) is 6.61 Å². The molecule has 42 heavy (non-hydrogen) atoms. The van der Waals surface area contributed by atoms with Crippen molar-refractivity contribution >= 4 is 22.6 Å². The summed E-state index contributed by atoms with van der Waals surface area (Å²) < 4.78 is 26.2. The minimum atomic E-state index is -2.27. The number of benzene rings is 1. The molecular formula is C34H62O6Si2. The van der Waals surface area contributed by atoms with Crippen molar-refractivity contribution in [2.45, 2.75) is 155 Å². The van der Waals surface area contributed by atoms with Gasteiger partial charge in [-0.25, -0.2) is 0 Å². The summed E-state index contributed by atoms with van der Waals surface area (Å²) in [6, 6.07) is 9.60. The van der Waals surface area contributed by atoms with Crippen molar-refractivity contribution in [3.63, 3.8) is 0 Å². The van der Waals surface area contributed by atoms with Crippen LogP contribution in [0.3, 0.4) is 0 Å². The van der Waals surface area contributed by atoms with Crippen LogP contribution in [-0.4, -0.2) is 52.3 Å². The lowest BCUT2D eigenvalue weighted by Crippen LogP contribution is -2.60. The zero-order valence-electron chi connectivity index (χ0n) is 29.2. The smallest absolute Gasteiger partial charge is 0.314 e. The van der Waals surface area contributed by atoms with Gasteiger partial charge in [-0.3, -0.25) is 4.79 Å². The van der Waals surface area contributed by atoms with Crippen molar-refractivity contribution in [1.29, 1.82) is 0 Å². The van der Waals surface area contributed by atoms with E-state index in [1.54, 1.807) is 6.92 Å². The van der Waals surface area contributed by atoms with Crippen LogP contribution in [0.5, 0.6) is 0 Å². The van der Waals surface area contributed by atoms with E-state index in [9.17, 15) is 9.90 Å². The van der Waals surface area contributed by atoms with Crippen LogP contribution in [-0.2, 0) is 29.7 Å². The number of carbonyl (C=O) groups is 1. The van der Waals surface area contributed by atoms with Crippen LogP contribution < -0.4 is 0 Å². The van der Waals surface area contributed by atoms with Crippen LogP contribution >= 0.6 is 0 Å². The number of carbonyl (C=O) groups excluding carboxylic acids is 1. The second-order valence-electron chi connectivity index (χ2n) is 15.8. The number of aliphatic hydroxyl groups is 1. The third-order valence-electron chi connectivity index (χ3n) is 10.2. The Balaban J connectivity index is 2.41. The molecule has 1 aliphatic heterocycles. The van der Waals surface area contributed by atoms with Gasteiger partial charge in [-0.2, -0.15) is 0 Å². The molecule has 8 heteroatoms. The summed E-state index contributed by atoms with van der Waals surface area (Å²) in [5.74, 6) is -3.09. The summed E-state index contributed by atoms with van der Waals surface area (Å²) in [6.07, 6.45) is 0.256. The summed E-state index contributed by atoms with van der Waals surface area (Å²) in [6.45, 7) is 31.5. The van der Waals surface area contributed by atoms with E-state index < -0.39 is 39.7 Å². The summed E-state index contributed by atoms with van der Waals surface area (Å²) in [5, 5.41) is 12.2. The van der Waals surface area contributed by atoms with Crippen LogP contribution in [0, 0.1) is 11.3 Å². The molecule has 0 bridgehead atoms. The van der Waals surface area contributed by atoms with Gasteiger partial charge in [0, 0.05) is 18.4 Å². The van der Waals surface area contributed by atoms with Gasteiger partial charge in [0.05, 0.1) is 12.2 Å². The third-order valence-corrected chi connectivity index (χ3v) is 20.8. The number of ether oxygens (including phenoxy) is 2. The van der Waals surface area contributed by atoms with Gasteiger partial charge < -0.3 is 23.4 Å². The molecule has 1 aromatic carbocycles. The van der Waals surface area contributed by atoms with E-state index in [0.29, 0.717) is 29.7 Å². The molecule has 1 saturated heterocycles. The van der Waals surface area contributed by atoms with Crippen LogP contribution in [0.1, 0.15) is 101 Å². The molecule has 0 amide bonds. The lowest BCUT2D eigenvalue weighted by molar-refractivity contribution is -0.310. The van der Waals surface area contributed by atoms with Crippen LogP contribution in [0.2, 0.25) is 34.8 Å². The average molecular weight is 623 g/mol. The minimum absolute atomic E-state index is 0.0803. The van der Waals surface area contributed by atoms with E-state index >= 15 is 0 Å². The Labute approximate surface area is 259 Å². The van der Waals surface area contributed by atoms with E-state index in [4.69, 9.17) is 18.3 Å². The summed E-state index contributed by atoms with van der Waals surface area (Å²) in [4.78, 5) is 13.3. The largest absolute Gasteiger partial charge is 0.460 e. The molecule has 1 heterocycles. The number of hydrogen-bond donors (Lipinski definition) is 1. The third kappa shape index (κ3) is 8.57. The lowest BCUT2D eigenvalue weighted by atomic mass is 9.79. The standard InChI is InChI=1S/C34H62O6Si2/c1-24(2)42(25(3)4,26(5)6)40-29-20-30(33(11,12)23-38-41(13,14)32(8,9)10)39-34(36,21-29)27(7)31(35)37-22-28-18-16-15-17-19-28/h15-19,24-27,29-30,36H,20-23H2,1-14H3/t27-,29-,30-,34+/m1/s1. The molecule has 242 valence electrons. The van der Waals surface area contributed by atoms with E-state index in [2.05, 4.69) is 89.3 Å². The SMILES string of the molecule is CC(C)[Si](O[C@@H]1C[C@H](C(C)(C)CO[Si](C)(C)C(C)(C)C)O[C@](O)([C@H](C)C(=O)OCc2ccccc2)C1)(C(C)C)C(C)C. The molecule has 2 rings (SSSR count). The Morgan fingerprint density at radius 1 is 0.976 bits per heavy atom. The fourth-order valence-electron chi connectivity index (χ4n) is 6.25. The summed E-state index contributed by atoms with van der Waals surface area (Å²) >= 11 is 0. The maximum Gasteiger partial charge on any atom is 0.314 e. The molecular weight excluding hydrogens is 561 g/mol. The van der Waals surface area contributed by atoms with Crippen molar-refractivity contribution in [3.05, 3.63) is 35.9 Å². The zero-order chi connectivity index (χ0) is 32.3. The van der Waals surface area contributed by atoms with Gasteiger partial charge in [0.2, 0.25) is 8.32 Å². The molecule has 1 aliphatic rings. The molecule has 1 fully saturated rings. The normalized spacial score (nSPS) is 23.5. The van der Waals surface area contributed by atoms with E-state index in [1.807, 2.05) is 30.3 Å². The van der Waals surface area contributed by atoms with Gasteiger partial charge >= 0.3 is 5.97 Å². The highest BCUT2D eigenvalue weighted by Crippen LogP contribution is 2.48. The highest BCUT2D eigenvalue weighted by atomic mass is 28.4. The molecule has 0 radical (unpaired) electrons. The average Bonchev–Trinajstić information content (AvgIpc) is 2.88. The topological polar surface area (TPSA) is 74.2 Å². The summed E-state index contributed by atoms with van der Waals surface area (Å²) in [7, 11) is -4.28. The van der Waals surface area contributed by atoms with Gasteiger partial charge in [-0.05, 0) is 53.7 Å². The first-order chi connectivity index (χ1) is 19.1. The molecule has 0 unspecified atom stereocenters. The minimum Gasteiger partial charge on any atom is -0.460 e. The van der Waals surface area contributed by atoms with Crippen LogP contribution in [0.15, 0.2) is 30.3 Å². The van der Waals surface area contributed by atoms with Crippen molar-refractivity contribution < 1.29 is 28.2 Å². The molecule has 0 aliphatic carbocycles. The predicted octanol–water partition coefficient (Wildman–Crippen LogP) is 8.84. The van der Waals surface area contributed by atoms with Gasteiger partial charge in [0.15, 0.2) is 14.1 Å². The molecule has 4 atom stereocenters. The quantitative estimate of drug-likeness (QED) is 0.175. The molecule has 1 aromatic rings. The van der Waals surface area contributed by atoms with Crippen molar-refractivity contribution in [3.8, 4) is 0 Å². The van der Waals surface area contributed by atoms with E-state index in [1.165, 1.54) is 0 Å². The fraction of sp³-hybridized carbons (Fsp3) is 0.794. The maximum atomic E-state index is 13.3. The first kappa shape index (κ1) is 37.2. The van der Waals surface area contributed by atoms with Crippen molar-refractivity contribution in [2.24, 2.45) is 11.3 Å². The van der Waals surface area contributed by atoms with Gasteiger partial charge in [-0.15, -0.1) is 0 Å². The molecule has 0 saturated carbocycles. The fourth-order valence-corrected chi connectivity index (χ4v) is 13.0. The van der Waals surface area contributed by atoms with Crippen LogP contribution in [0.25, 0.3) is 0 Å². The Bertz CT molecular complexity index is 979. The second kappa shape index (κ2) is 13.9. The monoisotopic (exact) mass is 622 g/mol. The zero-order valence-corrected chi connectivity index (χ0v) is 31.2. The predicted molar refractivity (Wildman–Crippen MR) is 177 cm³/mol. The van der Waals surface area contributed by atoms with Gasteiger partial charge in [0.25, 0.3) is 0 Å². The molecule has 6 nitrogen and oxygen atoms in total. The Kier molecular flexibility index (Phi) is 12.3. The molecule has 1 N–H and O–H groups in total. The van der Waals surface area contributed by atoms with E-state index in [-0.39, 0.29) is 30.3 Å². The van der Waals surface area contributed by atoms with Gasteiger partial charge in [0.1, 0.15) is 12.5 Å².